The van der Waals surface area contributed by atoms with Gasteiger partial charge in [-0.1, -0.05) is 47.6 Å². The molecule has 0 atom stereocenters. The molecular formula is C11H13Cl3N2. The fraction of sp³-hybridized carbons (Fsp3) is 0.545. The largest absolute Gasteiger partial charge is 0.355 e. The average molecular weight is 280 g/mol. The van der Waals surface area contributed by atoms with Gasteiger partial charge < -0.3 is 4.90 Å². The van der Waals surface area contributed by atoms with Crippen LogP contribution in [-0.4, -0.2) is 18.1 Å². The van der Waals surface area contributed by atoms with E-state index < -0.39 is 0 Å². The maximum absolute atomic E-state index is 6.13. The number of hydrogen-bond acceptors (Lipinski definition) is 2. The molecule has 1 aliphatic carbocycles. The van der Waals surface area contributed by atoms with Crippen LogP contribution in [0, 0.1) is 0 Å². The van der Waals surface area contributed by atoms with Gasteiger partial charge in [-0.15, -0.1) is 0 Å². The van der Waals surface area contributed by atoms with Gasteiger partial charge in [0, 0.05) is 13.1 Å². The summed E-state index contributed by atoms with van der Waals surface area (Å²) < 4.78 is 0. The fourth-order valence-electron chi connectivity index (χ4n) is 2.15. The van der Waals surface area contributed by atoms with Gasteiger partial charge in [0.05, 0.1) is 10.0 Å². The van der Waals surface area contributed by atoms with E-state index in [1.807, 2.05) is 7.05 Å². The van der Waals surface area contributed by atoms with Gasteiger partial charge in [0.25, 0.3) is 0 Å². The molecule has 0 amide bonds. The SMILES string of the molecule is CN(c1nc(Cl)c(Cl)cc1Cl)C1CCCC1. The van der Waals surface area contributed by atoms with Crippen LogP contribution in [0.25, 0.3) is 0 Å². The Labute approximate surface area is 111 Å². The Bertz CT molecular complexity index is 389. The molecular weight excluding hydrogens is 266 g/mol. The highest BCUT2D eigenvalue weighted by Crippen LogP contribution is 2.34. The second kappa shape index (κ2) is 4.99. The first kappa shape index (κ1) is 12.3. The van der Waals surface area contributed by atoms with Crippen molar-refractivity contribution in [2.24, 2.45) is 0 Å². The normalized spacial score (nSPS) is 16.8. The summed E-state index contributed by atoms with van der Waals surface area (Å²) in [6, 6.07) is 2.17. The minimum Gasteiger partial charge on any atom is -0.355 e. The fourth-order valence-corrected chi connectivity index (χ4v) is 2.77. The molecule has 1 aromatic heterocycles. The van der Waals surface area contributed by atoms with E-state index in [4.69, 9.17) is 34.8 Å². The maximum atomic E-state index is 6.13. The summed E-state index contributed by atoms with van der Waals surface area (Å²) in [5.41, 5.74) is 0. The van der Waals surface area contributed by atoms with Crippen LogP contribution < -0.4 is 4.90 Å². The van der Waals surface area contributed by atoms with Crippen molar-refractivity contribution >= 4 is 40.6 Å². The molecule has 88 valence electrons. The number of hydrogen-bond donors (Lipinski definition) is 0. The minimum atomic E-state index is 0.311. The number of nitrogens with zero attached hydrogens (tertiary/aromatic N) is 2. The van der Waals surface area contributed by atoms with Crippen LogP contribution in [-0.2, 0) is 0 Å². The van der Waals surface area contributed by atoms with Gasteiger partial charge in [-0.3, -0.25) is 0 Å². The van der Waals surface area contributed by atoms with Crippen molar-refractivity contribution in [1.29, 1.82) is 0 Å². The molecule has 0 bridgehead atoms. The van der Waals surface area contributed by atoms with Crippen molar-refractivity contribution in [2.75, 3.05) is 11.9 Å². The summed E-state index contributed by atoms with van der Waals surface area (Å²) in [4.78, 5) is 6.35. The number of halogens is 3. The van der Waals surface area contributed by atoms with Crippen LogP contribution in [0.4, 0.5) is 5.82 Å². The van der Waals surface area contributed by atoms with Gasteiger partial charge in [-0.05, 0) is 18.9 Å². The first-order chi connectivity index (χ1) is 7.59. The highest BCUT2D eigenvalue weighted by atomic mass is 35.5. The summed E-state index contributed by atoms with van der Waals surface area (Å²) in [6.45, 7) is 0. The third kappa shape index (κ3) is 2.39. The minimum absolute atomic E-state index is 0.311. The van der Waals surface area contributed by atoms with Gasteiger partial charge in [-0.25, -0.2) is 4.98 Å². The molecule has 2 rings (SSSR count). The molecule has 0 N–H and O–H groups in total. The molecule has 2 nitrogen and oxygen atoms in total. The van der Waals surface area contributed by atoms with E-state index in [1.165, 1.54) is 25.7 Å². The molecule has 0 saturated heterocycles. The molecule has 0 unspecified atom stereocenters. The van der Waals surface area contributed by atoms with Crippen molar-refractivity contribution in [2.45, 2.75) is 31.7 Å². The Morgan fingerprint density at radius 3 is 2.44 bits per heavy atom. The van der Waals surface area contributed by atoms with Gasteiger partial charge in [-0.2, -0.15) is 0 Å². The smallest absolute Gasteiger partial charge is 0.150 e. The van der Waals surface area contributed by atoms with E-state index in [-0.39, 0.29) is 0 Å². The van der Waals surface area contributed by atoms with Gasteiger partial charge in [0.1, 0.15) is 11.0 Å². The van der Waals surface area contributed by atoms with E-state index in [9.17, 15) is 0 Å². The number of rotatable bonds is 2. The van der Waals surface area contributed by atoms with Crippen molar-refractivity contribution in [3.8, 4) is 0 Å². The van der Waals surface area contributed by atoms with Gasteiger partial charge in [0.15, 0.2) is 0 Å². The second-order valence-corrected chi connectivity index (χ2v) is 5.29. The van der Waals surface area contributed by atoms with Crippen molar-refractivity contribution in [3.63, 3.8) is 0 Å². The summed E-state index contributed by atoms with van der Waals surface area (Å²) in [5, 5.41) is 1.27. The maximum Gasteiger partial charge on any atom is 0.150 e. The quantitative estimate of drug-likeness (QED) is 0.745. The van der Waals surface area contributed by atoms with E-state index in [0.29, 0.717) is 21.2 Å². The van der Waals surface area contributed by atoms with Crippen molar-refractivity contribution in [3.05, 3.63) is 21.3 Å². The Kier molecular flexibility index (Phi) is 3.83. The van der Waals surface area contributed by atoms with Crippen LogP contribution >= 0.6 is 34.8 Å². The summed E-state index contributed by atoms with van der Waals surface area (Å²) >= 11 is 17.9. The van der Waals surface area contributed by atoms with Crippen molar-refractivity contribution < 1.29 is 0 Å². The molecule has 0 aliphatic heterocycles. The number of pyridine rings is 1. The Balaban J connectivity index is 2.28. The molecule has 1 aromatic rings. The lowest BCUT2D eigenvalue weighted by Crippen LogP contribution is -2.29. The van der Waals surface area contributed by atoms with E-state index >= 15 is 0 Å². The Hall–Kier alpha value is -0.180. The molecule has 1 fully saturated rings. The summed E-state index contributed by atoms with van der Waals surface area (Å²) in [5.74, 6) is 0.725. The van der Waals surface area contributed by atoms with Gasteiger partial charge >= 0.3 is 0 Å². The summed E-state index contributed by atoms with van der Waals surface area (Å²) in [7, 11) is 2.01. The van der Waals surface area contributed by atoms with Crippen LogP contribution in [0.1, 0.15) is 25.7 Å². The van der Waals surface area contributed by atoms with Crippen LogP contribution in [0.15, 0.2) is 6.07 Å². The highest BCUT2D eigenvalue weighted by Gasteiger charge is 2.22. The zero-order valence-corrected chi connectivity index (χ0v) is 11.3. The lowest BCUT2D eigenvalue weighted by atomic mass is 10.2. The molecule has 5 heteroatoms. The molecule has 0 radical (unpaired) electrons. The first-order valence-corrected chi connectivity index (χ1v) is 6.47. The van der Waals surface area contributed by atoms with Crippen molar-refractivity contribution in [1.82, 2.24) is 4.98 Å². The zero-order chi connectivity index (χ0) is 11.7. The van der Waals surface area contributed by atoms with Crippen LogP contribution in [0.5, 0.6) is 0 Å². The highest BCUT2D eigenvalue weighted by molar-refractivity contribution is 6.42. The Morgan fingerprint density at radius 1 is 1.19 bits per heavy atom. The second-order valence-electron chi connectivity index (χ2n) is 4.12. The van der Waals surface area contributed by atoms with E-state index in [0.717, 1.165) is 5.82 Å². The van der Waals surface area contributed by atoms with Crippen LogP contribution in [0.2, 0.25) is 15.2 Å². The number of anilines is 1. The predicted octanol–water partition coefficient (Wildman–Crippen LogP) is 4.42. The number of aromatic nitrogens is 1. The standard InChI is InChI=1S/C11H13Cl3N2/c1-16(7-4-2-3-5-7)11-9(13)6-8(12)10(14)15-11/h6-7H,2-5H2,1H3. The average Bonchev–Trinajstić information content (AvgIpc) is 2.75. The van der Waals surface area contributed by atoms with Gasteiger partial charge in [0.2, 0.25) is 0 Å². The van der Waals surface area contributed by atoms with E-state index in [2.05, 4.69) is 9.88 Å². The topological polar surface area (TPSA) is 16.1 Å². The Morgan fingerprint density at radius 2 is 1.81 bits per heavy atom. The molecule has 16 heavy (non-hydrogen) atoms. The molecule has 1 aliphatic rings. The third-order valence-electron chi connectivity index (χ3n) is 3.07. The molecule has 1 heterocycles. The third-order valence-corrected chi connectivity index (χ3v) is 4.03. The van der Waals surface area contributed by atoms with E-state index in [1.54, 1.807) is 6.07 Å². The predicted molar refractivity (Wildman–Crippen MR) is 69.9 cm³/mol. The summed E-state index contributed by atoms with van der Waals surface area (Å²) in [6.07, 6.45) is 4.92. The lowest BCUT2D eigenvalue weighted by molar-refractivity contribution is 0.646. The molecule has 0 spiro atoms. The molecule has 1 saturated carbocycles. The first-order valence-electron chi connectivity index (χ1n) is 5.34. The lowest BCUT2D eigenvalue weighted by Gasteiger charge is -2.26. The monoisotopic (exact) mass is 278 g/mol. The zero-order valence-electron chi connectivity index (χ0n) is 9.01. The molecule has 0 aromatic carbocycles. The van der Waals surface area contributed by atoms with Crippen LogP contribution in [0.3, 0.4) is 0 Å².